The Kier molecular flexibility index (Phi) is 6.90. The van der Waals surface area contributed by atoms with Crippen molar-refractivity contribution in [2.75, 3.05) is 0 Å². The van der Waals surface area contributed by atoms with Gasteiger partial charge in [-0.25, -0.2) is 0 Å². The van der Waals surface area contributed by atoms with Gasteiger partial charge in [0.05, 0.1) is 4.91 Å². The molecule has 5 nitrogen and oxygen atoms in total. The Balaban J connectivity index is 1.40. The van der Waals surface area contributed by atoms with E-state index in [2.05, 4.69) is 5.43 Å². The highest BCUT2D eigenvalue weighted by Gasteiger charge is 2.33. The van der Waals surface area contributed by atoms with E-state index in [0.717, 1.165) is 27.9 Å². The van der Waals surface area contributed by atoms with E-state index >= 15 is 0 Å². The smallest absolute Gasteiger partial charge is 0.285 e. The predicted molar refractivity (Wildman–Crippen MR) is 131 cm³/mol. The molecule has 0 saturated carbocycles. The Hall–Kier alpha value is -3.13. The topological polar surface area (TPSA) is 58.6 Å². The van der Waals surface area contributed by atoms with E-state index in [1.807, 2.05) is 54.6 Å². The predicted octanol–water partition coefficient (Wildman–Crippen LogP) is 5.47. The van der Waals surface area contributed by atoms with Gasteiger partial charge in [0.2, 0.25) is 0 Å². The van der Waals surface area contributed by atoms with Crippen molar-refractivity contribution in [3.05, 3.63) is 105 Å². The Morgan fingerprint density at radius 1 is 1.03 bits per heavy atom. The highest BCUT2D eigenvalue weighted by Crippen LogP contribution is 2.32. The largest absolute Gasteiger partial charge is 0.489 e. The summed E-state index contributed by atoms with van der Waals surface area (Å²) in [6, 6.07) is 23.5. The number of hydrogen-bond donors (Lipinski definition) is 1. The second kappa shape index (κ2) is 9.99. The van der Waals surface area contributed by atoms with E-state index < -0.39 is 5.91 Å². The molecule has 0 atom stereocenters. The number of nitrogens with zero attached hydrogens (tertiary/aromatic N) is 1. The number of halogens is 1. The SMILES string of the molecule is O=C(NN1C(=O)/C(=C\c2ccc(OCc3ccccc3Cl)cc2)SC1=S)c1ccccc1. The third-order valence-electron chi connectivity index (χ3n) is 4.57. The number of thioether (sulfide) groups is 1. The number of ether oxygens (including phenoxy) is 1. The number of nitrogens with one attached hydrogen (secondary N) is 1. The zero-order valence-electron chi connectivity index (χ0n) is 16.7. The molecule has 0 bridgehead atoms. The van der Waals surface area contributed by atoms with Gasteiger partial charge < -0.3 is 4.74 Å². The molecule has 2 amide bonds. The summed E-state index contributed by atoms with van der Waals surface area (Å²) in [4.78, 5) is 25.5. The number of thiocarbonyl (C=S) groups is 1. The second-order valence-corrected chi connectivity index (χ2v) is 8.86. The first kappa shape index (κ1) is 22.1. The van der Waals surface area contributed by atoms with Gasteiger partial charge in [-0.3, -0.25) is 15.0 Å². The molecular formula is C24H17ClN2O3S2. The van der Waals surface area contributed by atoms with Gasteiger partial charge in [0.15, 0.2) is 4.32 Å². The quantitative estimate of drug-likeness (QED) is 0.374. The molecule has 0 radical (unpaired) electrons. The lowest BCUT2D eigenvalue weighted by molar-refractivity contribution is -0.123. The van der Waals surface area contributed by atoms with E-state index in [9.17, 15) is 9.59 Å². The van der Waals surface area contributed by atoms with Crippen LogP contribution in [-0.4, -0.2) is 21.1 Å². The monoisotopic (exact) mass is 480 g/mol. The Morgan fingerprint density at radius 3 is 2.44 bits per heavy atom. The molecule has 32 heavy (non-hydrogen) atoms. The summed E-state index contributed by atoms with van der Waals surface area (Å²) < 4.78 is 6.05. The maximum atomic E-state index is 12.7. The number of carbonyl (C=O) groups is 2. The van der Waals surface area contributed by atoms with Crippen LogP contribution in [0.5, 0.6) is 5.75 Å². The molecule has 4 rings (SSSR count). The summed E-state index contributed by atoms with van der Waals surface area (Å²) in [7, 11) is 0. The molecule has 0 aliphatic carbocycles. The minimum Gasteiger partial charge on any atom is -0.489 e. The molecule has 160 valence electrons. The van der Waals surface area contributed by atoms with Crippen LogP contribution < -0.4 is 10.2 Å². The maximum absolute atomic E-state index is 12.7. The summed E-state index contributed by atoms with van der Waals surface area (Å²) in [6.45, 7) is 0.360. The fraction of sp³-hybridized carbons (Fsp3) is 0.0417. The Labute approximate surface area is 200 Å². The molecule has 8 heteroatoms. The van der Waals surface area contributed by atoms with Crippen molar-refractivity contribution in [1.82, 2.24) is 10.4 Å². The Morgan fingerprint density at radius 2 is 1.72 bits per heavy atom. The van der Waals surface area contributed by atoms with Gasteiger partial charge >= 0.3 is 0 Å². The van der Waals surface area contributed by atoms with Crippen LogP contribution in [0.3, 0.4) is 0 Å². The molecule has 1 heterocycles. The third-order valence-corrected chi connectivity index (χ3v) is 6.24. The van der Waals surface area contributed by atoms with Crippen molar-refractivity contribution in [3.63, 3.8) is 0 Å². The zero-order valence-corrected chi connectivity index (χ0v) is 19.0. The van der Waals surface area contributed by atoms with Crippen molar-refractivity contribution in [2.45, 2.75) is 6.61 Å². The van der Waals surface area contributed by atoms with Crippen molar-refractivity contribution in [1.29, 1.82) is 0 Å². The zero-order chi connectivity index (χ0) is 22.5. The first-order valence-electron chi connectivity index (χ1n) is 9.61. The molecule has 0 aromatic heterocycles. The number of hydrogen-bond acceptors (Lipinski definition) is 5. The molecule has 1 saturated heterocycles. The van der Waals surface area contributed by atoms with Crippen LogP contribution in [0.25, 0.3) is 6.08 Å². The van der Waals surface area contributed by atoms with Crippen LogP contribution in [0.15, 0.2) is 83.8 Å². The van der Waals surface area contributed by atoms with E-state index in [-0.39, 0.29) is 10.2 Å². The number of benzene rings is 3. The van der Waals surface area contributed by atoms with Crippen LogP contribution in [0.4, 0.5) is 0 Å². The van der Waals surface area contributed by atoms with Gasteiger partial charge in [0, 0.05) is 16.1 Å². The minimum absolute atomic E-state index is 0.269. The first-order valence-corrected chi connectivity index (χ1v) is 11.2. The van der Waals surface area contributed by atoms with Gasteiger partial charge in [-0.15, -0.1) is 0 Å². The third kappa shape index (κ3) is 5.19. The fourth-order valence-corrected chi connectivity index (χ4v) is 4.28. The normalized spacial score (nSPS) is 14.7. The number of amides is 2. The van der Waals surface area contributed by atoms with E-state index in [1.165, 1.54) is 0 Å². The van der Waals surface area contributed by atoms with Crippen LogP contribution >= 0.6 is 35.6 Å². The summed E-state index contributed by atoms with van der Waals surface area (Å²) in [5.74, 6) is -0.0868. The molecule has 1 N–H and O–H groups in total. The first-order chi connectivity index (χ1) is 15.5. The van der Waals surface area contributed by atoms with Crippen LogP contribution in [0.1, 0.15) is 21.5 Å². The van der Waals surface area contributed by atoms with Crippen molar-refractivity contribution in [2.24, 2.45) is 0 Å². The molecule has 1 aliphatic rings. The second-order valence-electron chi connectivity index (χ2n) is 6.77. The van der Waals surface area contributed by atoms with Gasteiger partial charge in [-0.05, 0) is 54.2 Å². The van der Waals surface area contributed by atoms with Crippen molar-refractivity contribution in [3.8, 4) is 5.75 Å². The minimum atomic E-state index is -0.400. The highest BCUT2D eigenvalue weighted by atomic mass is 35.5. The lowest BCUT2D eigenvalue weighted by Crippen LogP contribution is -2.44. The average molecular weight is 481 g/mol. The summed E-state index contributed by atoms with van der Waals surface area (Å²) in [5.41, 5.74) is 4.72. The van der Waals surface area contributed by atoms with Crippen molar-refractivity contribution >= 4 is 57.8 Å². The summed E-state index contributed by atoms with van der Waals surface area (Å²) >= 11 is 12.6. The molecule has 1 aliphatic heterocycles. The van der Waals surface area contributed by atoms with Crippen LogP contribution in [-0.2, 0) is 11.4 Å². The maximum Gasteiger partial charge on any atom is 0.285 e. The lowest BCUT2D eigenvalue weighted by Gasteiger charge is -2.15. The van der Waals surface area contributed by atoms with Crippen molar-refractivity contribution < 1.29 is 14.3 Å². The molecular weight excluding hydrogens is 464 g/mol. The number of rotatable bonds is 6. The van der Waals surface area contributed by atoms with E-state index in [0.29, 0.717) is 27.8 Å². The fourth-order valence-electron chi connectivity index (χ4n) is 2.91. The standard InChI is InChI=1S/C24H17ClN2O3S2/c25-20-9-5-4-8-18(20)15-30-19-12-10-16(11-13-19)14-21-23(29)27(24(31)32-21)26-22(28)17-6-2-1-3-7-17/h1-14H,15H2,(H,26,28)/b21-14+. The number of carbonyl (C=O) groups excluding carboxylic acids is 2. The molecule has 3 aromatic carbocycles. The Bertz CT molecular complexity index is 1200. The van der Waals surface area contributed by atoms with Gasteiger partial charge in [0.25, 0.3) is 11.8 Å². The van der Waals surface area contributed by atoms with E-state index in [1.54, 1.807) is 30.3 Å². The van der Waals surface area contributed by atoms with Crippen LogP contribution in [0.2, 0.25) is 5.02 Å². The van der Waals surface area contributed by atoms with E-state index in [4.69, 9.17) is 28.6 Å². The highest BCUT2D eigenvalue weighted by molar-refractivity contribution is 8.26. The molecule has 1 fully saturated rings. The number of hydrazine groups is 1. The molecule has 3 aromatic rings. The van der Waals surface area contributed by atoms with Gasteiger partial charge in [0.1, 0.15) is 12.4 Å². The lowest BCUT2D eigenvalue weighted by atomic mass is 10.2. The van der Waals surface area contributed by atoms with Gasteiger partial charge in [-0.1, -0.05) is 71.9 Å². The van der Waals surface area contributed by atoms with Gasteiger partial charge in [-0.2, -0.15) is 5.01 Å². The van der Waals surface area contributed by atoms with Crippen LogP contribution in [0, 0.1) is 0 Å². The average Bonchev–Trinajstić information content (AvgIpc) is 3.07. The molecule has 0 spiro atoms. The molecule has 0 unspecified atom stereocenters. The summed E-state index contributed by atoms with van der Waals surface area (Å²) in [6.07, 6.45) is 1.73. The summed E-state index contributed by atoms with van der Waals surface area (Å²) in [5, 5.41) is 1.76.